The van der Waals surface area contributed by atoms with Crippen LogP contribution >= 0.6 is 0 Å². The summed E-state index contributed by atoms with van der Waals surface area (Å²) in [5.74, 6) is 0.0845. The van der Waals surface area contributed by atoms with Crippen LogP contribution in [0.4, 0.5) is 0 Å². The Morgan fingerprint density at radius 3 is 2.35 bits per heavy atom. The third-order valence-electron chi connectivity index (χ3n) is 2.66. The van der Waals surface area contributed by atoms with E-state index < -0.39 is 0 Å². The Morgan fingerprint density at radius 2 is 1.85 bits per heavy atom. The van der Waals surface area contributed by atoms with Gasteiger partial charge in [-0.05, 0) is 31.3 Å². The fourth-order valence-electron chi connectivity index (χ4n) is 1.94. The van der Waals surface area contributed by atoms with Gasteiger partial charge in [-0.2, -0.15) is 0 Å². The summed E-state index contributed by atoms with van der Waals surface area (Å²) in [6.45, 7) is 6.06. The molecule has 0 aromatic carbocycles. The third-order valence-corrected chi connectivity index (χ3v) is 2.66. The Morgan fingerprint density at radius 1 is 1.20 bits per heavy atom. The summed E-state index contributed by atoms with van der Waals surface area (Å²) < 4.78 is 4.81. The first-order chi connectivity index (χ1) is 9.35. The van der Waals surface area contributed by atoms with Crippen LogP contribution < -0.4 is 5.32 Å². The molecular formula is C15H25NO4. The van der Waals surface area contributed by atoms with E-state index in [9.17, 15) is 14.4 Å². The van der Waals surface area contributed by atoms with Gasteiger partial charge in [-0.3, -0.25) is 14.4 Å². The Labute approximate surface area is 120 Å². The number of nitrogens with one attached hydrogen (secondary N) is 1. The van der Waals surface area contributed by atoms with Crippen molar-refractivity contribution >= 4 is 17.5 Å². The van der Waals surface area contributed by atoms with E-state index in [2.05, 4.69) is 19.2 Å². The molecule has 1 atom stereocenters. The van der Waals surface area contributed by atoms with Crippen molar-refractivity contribution < 1.29 is 19.1 Å². The lowest BCUT2D eigenvalue weighted by Gasteiger charge is -2.18. The van der Waals surface area contributed by atoms with Crippen LogP contribution in [0.25, 0.3) is 0 Å². The summed E-state index contributed by atoms with van der Waals surface area (Å²) in [4.78, 5) is 33.8. The number of allylic oxidation sites excluding steroid dienone is 1. The topological polar surface area (TPSA) is 72.5 Å². The molecule has 0 radical (unpaired) electrons. The molecule has 0 fully saturated rings. The van der Waals surface area contributed by atoms with E-state index in [1.165, 1.54) is 26.2 Å². The quantitative estimate of drug-likeness (QED) is 0.617. The fourth-order valence-corrected chi connectivity index (χ4v) is 1.94. The highest BCUT2D eigenvalue weighted by Gasteiger charge is 2.16. The largest absolute Gasteiger partial charge is 0.377 e. The smallest absolute Gasteiger partial charge is 0.244 e. The first-order valence-electron chi connectivity index (χ1n) is 6.82. The molecule has 1 amide bonds. The molecule has 0 aliphatic heterocycles. The van der Waals surface area contributed by atoms with E-state index in [0.29, 0.717) is 18.9 Å². The SMILES string of the molecule is COCC(=O)CC(CNC(=O)/C=C/C(C)=O)CC(C)C. The number of carbonyl (C=O) groups is 3. The molecule has 5 heteroatoms. The van der Waals surface area contributed by atoms with Crippen LogP contribution in [0, 0.1) is 11.8 Å². The van der Waals surface area contributed by atoms with Gasteiger partial charge in [0.1, 0.15) is 6.61 Å². The van der Waals surface area contributed by atoms with Gasteiger partial charge in [0.05, 0.1) is 0 Å². The minimum Gasteiger partial charge on any atom is -0.377 e. The van der Waals surface area contributed by atoms with Crippen molar-refractivity contribution in [3.63, 3.8) is 0 Å². The monoisotopic (exact) mass is 283 g/mol. The molecule has 20 heavy (non-hydrogen) atoms. The predicted molar refractivity (Wildman–Crippen MR) is 77.3 cm³/mol. The number of ketones is 2. The first-order valence-corrected chi connectivity index (χ1v) is 6.82. The van der Waals surface area contributed by atoms with Crippen LogP contribution in [0.3, 0.4) is 0 Å². The Kier molecular flexibility index (Phi) is 9.55. The van der Waals surface area contributed by atoms with Crippen LogP contribution in [0.5, 0.6) is 0 Å². The molecule has 0 saturated carbocycles. The van der Waals surface area contributed by atoms with Gasteiger partial charge in [-0.1, -0.05) is 13.8 Å². The highest BCUT2D eigenvalue weighted by atomic mass is 16.5. The highest BCUT2D eigenvalue weighted by Crippen LogP contribution is 2.15. The number of carbonyl (C=O) groups excluding carboxylic acids is 3. The maximum Gasteiger partial charge on any atom is 0.244 e. The van der Waals surface area contributed by atoms with Crippen molar-refractivity contribution in [2.75, 3.05) is 20.3 Å². The molecule has 0 saturated heterocycles. The normalized spacial score (nSPS) is 12.7. The molecule has 0 aliphatic rings. The van der Waals surface area contributed by atoms with E-state index in [1.54, 1.807) is 0 Å². The average molecular weight is 283 g/mol. The number of amides is 1. The van der Waals surface area contributed by atoms with E-state index in [-0.39, 0.29) is 30.0 Å². The highest BCUT2D eigenvalue weighted by molar-refractivity contribution is 5.96. The van der Waals surface area contributed by atoms with Crippen LogP contribution in [0.15, 0.2) is 12.2 Å². The Bertz CT molecular complexity index is 361. The molecule has 0 bridgehead atoms. The molecular weight excluding hydrogens is 258 g/mol. The number of Topliss-reactive ketones (excluding diaryl/α,β-unsaturated/α-hetero) is 1. The molecule has 0 aromatic rings. The summed E-state index contributed by atoms with van der Waals surface area (Å²) in [7, 11) is 1.49. The lowest BCUT2D eigenvalue weighted by molar-refractivity contribution is -0.124. The Balaban J connectivity index is 4.32. The lowest BCUT2D eigenvalue weighted by Crippen LogP contribution is -2.30. The molecule has 5 nitrogen and oxygen atoms in total. The van der Waals surface area contributed by atoms with Crippen LogP contribution in [-0.2, 0) is 19.1 Å². The van der Waals surface area contributed by atoms with E-state index in [1.807, 2.05) is 0 Å². The zero-order valence-corrected chi connectivity index (χ0v) is 12.8. The summed E-state index contributed by atoms with van der Waals surface area (Å²) >= 11 is 0. The molecule has 1 N–H and O–H groups in total. The van der Waals surface area contributed by atoms with Crippen molar-refractivity contribution in [3.8, 4) is 0 Å². The minimum atomic E-state index is -0.312. The number of ether oxygens (including phenoxy) is 1. The van der Waals surface area contributed by atoms with Gasteiger partial charge >= 0.3 is 0 Å². The first kappa shape index (κ1) is 18.5. The fraction of sp³-hybridized carbons (Fsp3) is 0.667. The second kappa shape index (κ2) is 10.3. The zero-order chi connectivity index (χ0) is 15.5. The Hall–Kier alpha value is -1.49. The molecule has 1 unspecified atom stereocenters. The van der Waals surface area contributed by atoms with Crippen molar-refractivity contribution in [2.24, 2.45) is 11.8 Å². The van der Waals surface area contributed by atoms with Crippen LogP contribution in [0.2, 0.25) is 0 Å². The maximum atomic E-state index is 11.6. The van der Waals surface area contributed by atoms with Gasteiger partial charge in [-0.15, -0.1) is 0 Å². The number of methoxy groups -OCH3 is 1. The van der Waals surface area contributed by atoms with E-state index >= 15 is 0 Å². The molecule has 114 valence electrons. The average Bonchev–Trinajstić information content (AvgIpc) is 2.33. The number of hydrogen-bond acceptors (Lipinski definition) is 4. The summed E-state index contributed by atoms with van der Waals surface area (Å²) in [6, 6.07) is 0. The standard InChI is InChI=1S/C15H25NO4/c1-11(2)7-13(8-14(18)10-20-4)9-16-15(19)6-5-12(3)17/h5-6,11,13H,7-10H2,1-4H3,(H,16,19)/b6-5+. The van der Waals surface area contributed by atoms with E-state index in [0.717, 1.165) is 6.42 Å². The molecule has 0 spiro atoms. The minimum absolute atomic E-state index is 0.0340. The molecule has 0 heterocycles. The summed E-state index contributed by atoms with van der Waals surface area (Å²) in [5, 5.41) is 2.72. The van der Waals surface area contributed by atoms with Gasteiger partial charge in [-0.25, -0.2) is 0 Å². The molecule has 0 rings (SSSR count). The lowest BCUT2D eigenvalue weighted by atomic mass is 9.92. The van der Waals surface area contributed by atoms with Gasteiger partial charge in [0.25, 0.3) is 0 Å². The second-order valence-electron chi connectivity index (χ2n) is 5.36. The second-order valence-corrected chi connectivity index (χ2v) is 5.36. The van der Waals surface area contributed by atoms with Crippen molar-refractivity contribution in [3.05, 3.63) is 12.2 Å². The number of hydrogen-bond donors (Lipinski definition) is 1. The molecule has 0 aromatic heterocycles. The van der Waals surface area contributed by atoms with Crippen LogP contribution in [-0.4, -0.2) is 37.7 Å². The van der Waals surface area contributed by atoms with Crippen molar-refractivity contribution in [2.45, 2.75) is 33.6 Å². The van der Waals surface area contributed by atoms with Gasteiger partial charge in [0.15, 0.2) is 11.6 Å². The van der Waals surface area contributed by atoms with Crippen molar-refractivity contribution in [1.29, 1.82) is 0 Å². The molecule has 0 aliphatic carbocycles. The summed E-state index contributed by atoms with van der Waals surface area (Å²) in [5.41, 5.74) is 0. The van der Waals surface area contributed by atoms with Gasteiger partial charge < -0.3 is 10.1 Å². The maximum absolute atomic E-state index is 11.6. The zero-order valence-electron chi connectivity index (χ0n) is 12.8. The van der Waals surface area contributed by atoms with Gasteiger partial charge in [0, 0.05) is 26.2 Å². The van der Waals surface area contributed by atoms with E-state index in [4.69, 9.17) is 4.74 Å². The van der Waals surface area contributed by atoms with Gasteiger partial charge in [0.2, 0.25) is 5.91 Å². The summed E-state index contributed by atoms with van der Waals surface area (Å²) in [6.07, 6.45) is 3.68. The third kappa shape index (κ3) is 10.4. The van der Waals surface area contributed by atoms with Crippen LogP contribution in [0.1, 0.15) is 33.6 Å². The number of rotatable bonds is 10. The van der Waals surface area contributed by atoms with Crippen molar-refractivity contribution in [1.82, 2.24) is 5.32 Å². The predicted octanol–water partition coefficient (Wildman–Crippen LogP) is 1.52.